The molecule has 0 aromatic heterocycles. The molecule has 2 aromatic rings. The van der Waals surface area contributed by atoms with E-state index in [4.69, 9.17) is 14.2 Å². The summed E-state index contributed by atoms with van der Waals surface area (Å²) in [7, 11) is 4.34. The molecule has 0 spiro atoms. The highest BCUT2D eigenvalue weighted by Crippen LogP contribution is 2.30. The van der Waals surface area contributed by atoms with E-state index in [9.17, 15) is 24.3 Å². The van der Waals surface area contributed by atoms with E-state index in [1.807, 2.05) is 30.3 Å². The Hall–Kier alpha value is -4.12. The van der Waals surface area contributed by atoms with Gasteiger partial charge in [0.2, 0.25) is 17.7 Å². The number of nitrogens with one attached hydrogen (secondary N) is 3. The molecule has 11 heteroatoms. The predicted molar refractivity (Wildman–Crippen MR) is 134 cm³/mol. The van der Waals surface area contributed by atoms with Gasteiger partial charge in [-0.3, -0.25) is 19.2 Å². The molecule has 0 aliphatic carbocycles. The number of rotatable bonds is 15. The smallest absolute Gasteiger partial charge is 0.305 e. The van der Waals surface area contributed by atoms with E-state index in [0.717, 1.165) is 5.56 Å². The van der Waals surface area contributed by atoms with Crippen LogP contribution in [-0.2, 0) is 36.9 Å². The van der Waals surface area contributed by atoms with Gasteiger partial charge in [0.15, 0.2) is 11.5 Å². The standard InChI is InChI=1S/C26H33N3O8/c1-35-16-20(25(33)27-15-18-10-7-11-21(36-2)24(18)37-3)29-26(34)19(14-23(31)32)28-22(30)13-12-17-8-5-4-6-9-17/h4-11,19-20H,12-16H2,1-3H3,(H,27,33)(H,28,30)(H,29,34)(H,31,32)/t19-,20-/m0/s1. The largest absolute Gasteiger partial charge is 0.493 e. The fraction of sp³-hybridized carbons (Fsp3) is 0.385. The first-order chi connectivity index (χ1) is 17.8. The van der Waals surface area contributed by atoms with Crippen molar-refractivity contribution in [2.75, 3.05) is 27.9 Å². The SMILES string of the molecule is COC[C@H](NC(=O)[C@H](CC(=O)O)NC(=O)CCc1ccccc1)C(=O)NCc1cccc(OC)c1OC. The first-order valence-electron chi connectivity index (χ1n) is 11.6. The molecule has 0 fully saturated rings. The Morgan fingerprint density at radius 2 is 1.59 bits per heavy atom. The molecule has 0 saturated heterocycles. The van der Waals surface area contributed by atoms with Crippen molar-refractivity contribution in [3.05, 3.63) is 59.7 Å². The lowest BCUT2D eigenvalue weighted by molar-refractivity contribution is -0.141. The molecule has 3 amide bonds. The van der Waals surface area contributed by atoms with Crippen molar-refractivity contribution < 1.29 is 38.5 Å². The molecule has 11 nitrogen and oxygen atoms in total. The summed E-state index contributed by atoms with van der Waals surface area (Å²) in [6.07, 6.45) is -0.153. The van der Waals surface area contributed by atoms with Crippen LogP contribution in [0.3, 0.4) is 0 Å². The van der Waals surface area contributed by atoms with Crippen molar-refractivity contribution in [2.45, 2.75) is 37.9 Å². The summed E-state index contributed by atoms with van der Waals surface area (Å²) in [6.45, 7) is -0.0986. The third-order valence-electron chi connectivity index (χ3n) is 5.42. The second-order valence-electron chi connectivity index (χ2n) is 8.09. The molecule has 0 saturated carbocycles. The van der Waals surface area contributed by atoms with Crippen molar-refractivity contribution in [1.29, 1.82) is 0 Å². The number of hydrogen-bond acceptors (Lipinski definition) is 7. The predicted octanol–water partition coefficient (Wildman–Crippen LogP) is 1.04. The van der Waals surface area contributed by atoms with Crippen LogP contribution in [0.25, 0.3) is 0 Å². The van der Waals surface area contributed by atoms with E-state index in [1.54, 1.807) is 18.2 Å². The Kier molecular flexibility index (Phi) is 11.9. The monoisotopic (exact) mass is 515 g/mol. The van der Waals surface area contributed by atoms with Crippen LogP contribution >= 0.6 is 0 Å². The number of carboxylic acids is 1. The Labute approximate surface area is 215 Å². The third-order valence-corrected chi connectivity index (χ3v) is 5.42. The quantitative estimate of drug-likeness (QED) is 0.275. The van der Waals surface area contributed by atoms with Crippen LogP contribution in [0.5, 0.6) is 11.5 Å². The minimum absolute atomic E-state index is 0.0672. The summed E-state index contributed by atoms with van der Waals surface area (Å²) in [6, 6.07) is 12.0. The Morgan fingerprint density at radius 1 is 0.865 bits per heavy atom. The highest BCUT2D eigenvalue weighted by molar-refractivity contribution is 5.94. The van der Waals surface area contributed by atoms with Gasteiger partial charge in [-0.2, -0.15) is 0 Å². The molecule has 2 aromatic carbocycles. The summed E-state index contributed by atoms with van der Waals surface area (Å²) < 4.78 is 15.7. The van der Waals surface area contributed by atoms with Gasteiger partial charge in [0, 0.05) is 25.6 Å². The maximum atomic E-state index is 12.9. The molecule has 200 valence electrons. The number of carbonyl (C=O) groups excluding carboxylic acids is 3. The van der Waals surface area contributed by atoms with Crippen LogP contribution in [0.1, 0.15) is 24.0 Å². The lowest BCUT2D eigenvalue weighted by Gasteiger charge is -2.22. The second-order valence-corrected chi connectivity index (χ2v) is 8.09. The van der Waals surface area contributed by atoms with E-state index in [2.05, 4.69) is 16.0 Å². The lowest BCUT2D eigenvalue weighted by atomic mass is 10.1. The number of ether oxygens (including phenoxy) is 3. The van der Waals surface area contributed by atoms with Crippen molar-refractivity contribution >= 4 is 23.7 Å². The zero-order valence-corrected chi connectivity index (χ0v) is 21.1. The van der Waals surface area contributed by atoms with Gasteiger partial charge >= 0.3 is 5.97 Å². The molecule has 2 rings (SSSR count). The van der Waals surface area contributed by atoms with E-state index in [1.165, 1.54) is 21.3 Å². The first kappa shape index (κ1) is 29.1. The van der Waals surface area contributed by atoms with Crippen LogP contribution in [0, 0.1) is 0 Å². The molecular formula is C26H33N3O8. The van der Waals surface area contributed by atoms with E-state index < -0.39 is 42.2 Å². The summed E-state index contributed by atoms with van der Waals surface area (Å²) in [5.74, 6) is -2.19. The number of amides is 3. The van der Waals surface area contributed by atoms with Crippen molar-refractivity contribution in [1.82, 2.24) is 16.0 Å². The maximum absolute atomic E-state index is 12.9. The zero-order chi connectivity index (χ0) is 27.2. The fourth-order valence-corrected chi connectivity index (χ4v) is 3.57. The number of carboxylic acid groups (broad SMARTS) is 1. The van der Waals surface area contributed by atoms with Crippen LogP contribution in [-0.4, -0.2) is 68.8 Å². The molecule has 0 bridgehead atoms. The van der Waals surface area contributed by atoms with Crippen molar-refractivity contribution in [2.24, 2.45) is 0 Å². The molecule has 0 aliphatic rings. The Morgan fingerprint density at radius 3 is 2.22 bits per heavy atom. The molecule has 0 aliphatic heterocycles. The van der Waals surface area contributed by atoms with Gasteiger partial charge in [0.1, 0.15) is 12.1 Å². The lowest BCUT2D eigenvalue weighted by Crippen LogP contribution is -2.55. The topological polar surface area (TPSA) is 152 Å². The Bertz CT molecular complexity index is 1060. The number of hydrogen-bond donors (Lipinski definition) is 4. The van der Waals surface area contributed by atoms with Gasteiger partial charge in [-0.1, -0.05) is 42.5 Å². The van der Waals surface area contributed by atoms with E-state index in [0.29, 0.717) is 23.5 Å². The van der Waals surface area contributed by atoms with Gasteiger partial charge in [-0.05, 0) is 18.1 Å². The minimum atomic E-state index is -1.37. The van der Waals surface area contributed by atoms with Crippen molar-refractivity contribution in [3.8, 4) is 11.5 Å². The van der Waals surface area contributed by atoms with Gasteiger partial charge in [0.25, 0.3) is 0 Å². The average Bonchev–Trinajstić information content (AvgIpc) is 2.89. The zero-order valence-electron chi connectivity index (χ0n) is 21.1. The molecule has 0 heterocycles. The van der Waals surface area contributed by atoms with E-state index in [-0.39, 0.29) is 19.6 Å². The van der Waals surface area contributed by atoms with Crippen LogP contribution < -0.4 is 25.4 Å². The fourth-order valence-electron chi connectivity index (χ4n) is 3.57. The van der Waals surface area contributed by atoms with Crippen LogP contribution in [0.15, 0.2) is 48.5 Å². The number of benzene rings is 2. The highest BCUT2D eigenvalue weighted by atomic mass is 16.5. The van der Waals surface area contributed by atoms with Gasteiger partial charge in [0.05, 0.1) is 27.2 Å². The van der Waals surface area contributed by atoms with Crippen LogP contribution in [0.2, 0.25) is 0 Å². The van der Waals surface area contributed by atoms with Crippen molar-refractivity contribution in [3.63, 3.8) is 0 Å². The van der Waals surface area contributed by atoms with Gasteiger partial charge in [-0.15, -0.1) is 0 Å². The normalized spacial score (nSPS) is 12.1. The van der Waals surface area contributed by atoms with Gasteiger partial charge < -0.3 is 35.3 Å². The minimum Gasteiger partial charge on any atom is -0.493 e. The van der Waals surface area contributed by atoms with Crippen LogP contribution in [0.4, 0.5) is 0 Å². The number of carbonyl (C=O) groups is 4. The number of methoxy groups -OCH3 is 3. The third kappa shape index (κ3) is 9.45. The van der Waals surface area contributed by atoms with E-state index >= 15 is 0 Å². The molecule has 37 heavy (non-hydrogen) atoms. The molecular weight excluding hydrogens is 482 g/mol. The summed E-state index contributed by atoms with van der Waals surface area (Å²) in [4.78, 5) is 49.5. The maximum Gasteiger partial charge on any atom is 0.305 e. The molecule has 2 atom stereocenters. The first-order valence-corrected chi connectivity index (χ1v) is 11.6. The summed E-state index contributed by atoms with van der Waals surface area (Å²) in [5, 5.41) is 16.9. The second kappa shape index (κ2) is 15.1. The highest BCUT2D eigenvalue weighted by Gasteiger charge is 2.28. The number of para-hydroxylation sites is 1. The number of aryl methyl sites for hydroxylation is 1. The average molecular weight is 516 g/mol. The molecule has 4 N–H and O–H groups in total. The van der Waals surface area contributed by atoms with Gasteiger partial charge in [-0.25, -0.2) is 0 Å². The molecule has 0 unspecified atom stereocenters. The number of aliphatic carboxylic acids is 1. The summed E-state index contributed by atoms with van der Waals surface area (Å²) >= 11 is 0. The molecule has 0 radical (unpaired) electrons. The Balaban J connectivity index is 2.02. The summed E-state index contributed by atoms with van der Waals surface area (Å²) in [5.41, 5.74) is 1.58.